The fourth-order valence-corrected chi connectivity index (χ4v) is 2.80. The van der Waals surface area contributed by atoms with Crippen LogP contribution in [0.4, 0.5) is 0 Å². The van der Waals surface area contributed by atoms with Crippen LogP contribution >= 0.6 is 0 Å². The molecule has 0 radical (unpaired) electrons. The largest absolute Gasteiger partial charge is 0.462 e. The standard InChI is InChI=1S/C17H25NO2/c1-13(2)20-17(19)16-9-4-5-10-18(16)12-15-8-6-7-14(3)11-15/h6-8,11,13,16H,4-5,9-10,12H2,1-3H3. The van der Waals surface area contributed by atoms with Crippen LogP contribution in [0.2, 0.25) is 0 Å². The van der Waals surface area contributed by atoms with E-state index in [-0.39, 0.29) is 18.1 Å². The lowest BCUT2D eigenvalue weighted by molar-refractivity contribution is -0.155. The number of benzene rings is 1. The topological polar surface area (TPSA) is 29.5 Å². The van der Waals surface area contributed by atoms with Crippen LogP contribution in [0, 0.1) is 6.92 Å². The molecular weight excluding hydrogens is 250 g/mol. The molecule has 3 nitrogen and oxygen atoms in total. The first-order valence-electron chi connectivity index (χ1n) is 7.56. The van der Waals surface area contributed by atoms with Crippen LogP contribution in [-0.4, -0.2) is 29.6 Å². The summed E-state index contributed by atoms with van der Waals surface area (Å²) in [5.74, 6) is -0.0626. The fraction of sp³-hybridized carbons (Fsp3) is 0.588. The molecule has 1 aromatic rings. The summed E-state index contributed by atoms with van der Waals surface area (Å²) in [4.78, 5) is 14.5. The van der Waals surface area contributed by atoms with Crippen molar-refractivity contribution in [2.24, 2.45) is 0 Å². The number of ether oxygens (including phenoxy) is 1. The predicted molar refractivity (Wildman–Crippen MR) is 80.5 cm³/mol. The van der Waals surface area contributed by atoms with E-state index < -0.39 is 0 Å². The molecule has 1 fully saturated rings. The SMILES string of the molecule is Cc1cccc(CN2CCCCC2C(=O)OC(C)C)c1. The van der Waals surface area contributed by atoms with Gasteiger partial charge in [-0.1, -0.05) is 36.2 Å². The van der Waals surface area contributed by atoms with Crippen LogP contribution in [0.1, 0.15) is 44.2 Å². The van der Waals surface area contributed by atoms with E-state index in [0.29, 0.717) is 0 Å². The molecule has 0 bridgehead atoms. The van der Waals surface area contributed by atoms with Crippen LogP contribution in [0.3, 0.4) is 0 Å². The van der Waals surface area contributed by atoms with Gasteiger partial charge in [0.15, 0.2) is 0 Å². The van der Waals surface area contributed by atoms with Gasteiger partial charge in [-0.3, -0.25) is 9.69 Å². The lowest BCUT2D eigenvalue weighted by atomic mass is 10.0. The Morgan fingerprint density at radius 3 is 2.90 bits per heavy atom. The summed E-state index contributed by atoms with van der Waals surface area (Å²) in [6.07, 6.45) is 3.15. The molecule has 0 saturated carbocycles. The maximum absolute atomic E-state index is 12.2. The van der Waals surface area contributed by atoms with Crippen LogP contribution in [0.25, 0.3) is 0 Å². The minimum Gasteiger partial charge on any atom is -0.462 e. The normalized spacial score (nSPS) is 20.1. The third kappa shape index (κ3) is 4.07. The van der Waals surface area contributed by atoms with Gasteiger partial charge in [-0.15, -0.1) is 0 Å². The van der Waals surface area contributed by atoms with Crippen molar-refractivity contribution in [2.45, 2.75) is 58.7 Å². The summed E-state index contributed by atoms with van der Waals surface area (Å²) in [7, 11) is 0. The number of carbonyl (C=O) groups is 1. The number of hydrogen-bond acceptors (Lipinski definition) is 3. The van der Waals surface area contributed by atoms with Crippen molar-refractivity contribution in [1.82, 2.24) is 4.90 Å². The number of piperidine rings is 1. The van der Waals surface area contributed by atoms with Gasteiger partial charge in [0.25, 0.3) is 0 Å². The molecule has 1 atom stereocenters. The number of likely N-dealkylation sites (tertiary alicyclic amines) is 1. The van der Waals surface area contributed by atoms with Crippen LogP contribution < -0.4 is 0 Å². The second kappa shape index (κ2) is 6.89. The third-order valence-electron chi connectivity index (χ3n) is 3.71. The van der Waals surface area contributed by atoms with Gasteiger partial charge < -0.3 is 4.74 Å². The molecule has 1 aliphatic rings. The molecule has 1 saturated heterocycles. The number of rotatable bonds is 4. The van der Waals surface area contributed by atoms with Crippen LogP contribution in [0.15, 0.2) is 24.3 Å². The molecule has 0 aliphatic carbocycles. The molecule has 110 valence electrons. The Kier molecular flexibility index (Phi) is 5.18. The molecule has 3 heteroatoms. The van der Waals surface area contributed by atoms with Gasteiger partial charge in [0.2, 0.25) is 0 Å². The molecule has 0 spiro atoms. The summed E-state index contributed by atoms with van der Waals surface area (Å²) in [6.45, 7) is 7.73. The Balaban J connectivity index is 2.05. The number of nitrogens with zero attached hydrogens (tertiary/aromatic N) is 1. The molecule has 0 amide bonds. The van der Waals surface area contributed by atoms with Crippen molar-refractivity contribution in [3.05, 3.63) is 35.4 Å². The summed E-state index contributed by atoms with van der Waals surface area (Å²) in [6, 6.07) is 8.43. The number of esters is 1. The second-order valence-electron chi connectivity index (χ2n) is 5.96. The number of carbonyl (C=O) groups excluding carboxylic acids is 1. The molecule has 1 heterocycles. The van der Waals surface area contributed by atoms with Crippen molar-refractivity contribution in [3.63, 3.8) is 0 Å². The molecule has 1 unspecified atom stereocenters. The minimum absolute atomic E-state index is 0.0368. The third-order valence-corrected chi connectivity index (χ3v) is 3.71. The molecule has 2 rings (SSSR count). The van der Waals surface area contributed by atoms with Crippen molar-refractivity contribution in [3.8, 4) is 0 Å². The average molecular weight is 275 g/mol. The highest BCUT2D eigenvalue weighted by atomic mass is 16.5. The molecule has 1 aliphatic heterocycles. The summed E-state index contributed by atoms with van der Waals surface area (Å²) < 4.78 is 5.40. The van der Waals surface area contributed by atoms with E-state index >= 15 is 0 Å². The van der Waals surface area contributed by atoms with Crippen LogP contribution in [-0.2, 0) is 16.1 Å². The van der Waals surface area contributed by atoms with Gasteiger partial charge in [-0.25, -0.2) is 0 Å². The lowest BCUT2D eigenvalue weighted by Crippen LogP contribution is -2.45. The van der Waals surface area contributed by atoms with Crippen molar-refractivity contribution in [1.29, 1.82) is 0 Å². The monoisotopic (exact) mass is 275 g/mol. The zero-order valence-corrected chi connectivity index (χ0v) is 12.8. The highest BCUT2D eigenvalue weighted by Gasteiger charge is 2.30. The van der Waals surface area contributed by atoms with E-state index in [1.807, 2.05) is 13.8 Å². The average Bonchev–Trinajstić information content (AvgIpc) is 2.38. The first-order chi connectivity index (χ1) is 9.56. The fourth-order valence-electron chi connectivity index (χ4n) is 2.80. The molecule has 0 N–H and O–H groups in total. The number of aryl methyl sites for hydroxylation is 1. The van der Waals surface area contributed by atoms with Gasteiger partial charge in [-0.05, 0) is 45.7 Å². The Labute approximate surface area is 121 Å². The summed E-state index contributed by atoms with van der Waals surface area (Å²) >= 11 is 0. The Hall–Kier alpha value is -1.35. The lowest BCUT2D eigenvalue weighted by Gasteiger charge is -2.34. The Morgan fingerprint density at radius 2 is 2.20 bits per heavy atom. The van der Waals surface area contributed by atoms with E-state index in [0.717, 1.165) is 32.4 Å². The number of hydrogen-bond donors (Lipinski definition) is 0. The molecular formula is C17H25NO2. The zero-order chi connectivity index (χ0) is 14.5. The van der Waals surface area contributed by atoms with Gasteiger partial charge in [0.1, 0.15) is 6.04 Å². The van der Waals surface area contributed by atoms with Crippen molar-refractivity contribution in [2.75, 3.05) is 6.54 Å². The van der Waals surface area contributed by atoms with Gasteiger partial charge in [-0.2, -0.15) is 0 Å². The predicted octanol–water partition coefficient (Wildman–Crippen LogP) is 3.30. The quantitative estimate of drug-likeness (QED) is 0.790. The maximum atomic E-state index is 12.2. The van der Waals surface area contributed by atoms with Crippen molar-refractivity contribution >= 4 is 5.97 Å². The van der Waals surface area contributed by atoms with Crippen molar-refractivity contribution < 1.29 is 9.53 Å². The molecule has 1 aromatic carbocycles. The summed E-state index contributed by atoms with van der Waals surface area (Å²) in [5, 5.41) is 0. The molecule has 20 heavy (non-hydrogen) atoms. The first kappa shape index (κ1) is 15.0. The zero-order valence-electron chi connectivity index (χ0n) is 12.8. The summed E-state index contributed by atoms with van der Waals surface area (Å²) in [5.41, 5.74) is 2.54. The smallest absolute Gasteiger partial charge is 0.323 e. The highest BCUT2D eigenvalue weighted by molar-refractivity contribution is 5.76. The van der Waals surface area contributed by atoms with Gasteiger partial charge in [0, 0.05) is 6.54 Å². The Morgan fingerprint density at radius 1 is 1.40 bits per heavy atom. The Bertz CT molecular complexity index is 456. The minimum atomic E-state index is -0.0772. The van der Waals surface area contributed by atoms with E-state index in [4.69, 9.17) is 4.74 Å². The van der Waals surface area contributed by atoms with Crippen LogP contribution in [0.5, 0.6) is 0 Å². The highest BCUT2D eigenvalue weighted by Crippen LogP contribution is 2.21. The van der Waals surface area contributed by atoms with Gasteiger partial charge in [0.05, 0.1) is 6.10 Å². The molecule has 0 aromatic heterocycles. The maximum Gasteiger partial charge on any atom is 0.323 e. The van der Waals surface area contributed by atoms with Gasteiger partial charge >= 0.3 is 5.97 Å². The van der Waals surface area contributed by atoms with E-state index in [1.165, 1.54) is 11.1 Å². The van der Waals surface area contributed by atoms with E-state index in [2.05, 4.69) is 36.1 Å². The van der Waals surface area contributed by atoms with E-state index in [1.54, 1.807) is 0 Å². The second-order valence-corrected chi connectivity index (χ2v) is 5.96. The first-order valence-corrected chi connectivity index (χ1v) is 7.56. The van der Waals surface area contributed by atoms with E-state index in [9.17, 15) is 4.79 Å².